The third kappa shape index (κ3) is 3.82. The number of carbonyl (C=O) groups is 1. The van der Waals surface area contributed by atoms with Crippen molar-refractivity contribution in [2.75, 3.05) is 13.1 Å². The highest BCUT2D eigenvalue weighted by Gasteiger charge is 2.25. The number of hydrogen-bond donors (Lipinski definition) is 1. The van der Waals surface area contributed by atoms with Gasteiger partial charge in [0.15, 0.2) is 0 Å². The van der Waals surface area contributed by atoms with Gasteiger partial charge >= 0.3 is 0 Å². The first-order valence-corrected chi connectivity index (χ1v) is 6.14. The van der Waals surface area contributed by atoms with Gasteiger partial charge in [0.1, 0.15) is 0 Å². The summed E-state index contributed by atoms with van der Waals surface area (Å²) in [6, 6.07) is 0.430. The van der Waals surface area contributed by atoms with Gasteiger partial charge in [-0.05, 0) is 45.1 Å². The van der Waals surface area contributed by atoms with Crippen molar-refractivity contribution in [1.82, 2.24) is 4.90 Å². The summed E-state index contributed by atoms with van der Waals surface area (Å²) in [5, 5.41) is 0. The number of rotatable bonds is 4. The Balaban J connectivity index is 2.32. The Morgan fingerprint density at radius 1 is 1.40 bits per heavy atom. The normalized spacial score (nSPS) is 26.7. The van der Waals surface area contributed by atoms with Crippen molar-refractivity contribution in [3.05, 3.63) is 0 Å². The van der Waals surface area contributed by atoms with E-state index in [-0.39, 0.29) is 0 Å². The molecule has 0 aromatic heterocycles. The molecule has 1 fully saturated rings. The van der Waals surface area contributed by atoms with Crippen LogP contribution < -0.4 is 5.73 Å². The highest BCUT2D eigenvalue weighted by molar-refractivity contribution is 5.76. The van der Waals surface area contributed by atoms with Gasteiger partial charge in [0.25, 0.3) is 0 Å². The van der Waals surface area contributed by atoms with Gasteiger partial charge < -0.3 is 10.6 Å². The lowest BCUT2D eigenvalue weighted by molar-refractivity contribution is -0.135. The monoisotopic (exact) mass is 212 g/mol. The predicted octanol–water partition coefficient (Wildman–Crippen LogP) is 1.76. The Labute approximate surface area is 93.0 Å². The van der Waals surface area contributed by atoms with Gasteiger partial charge in [-0.1, -0.05) is 6.92 Å². The van der Waals surface area contributed by atoms with Crippen molar-refractivity contribution in [2.45, 2.75) is 52.0 Å². The van der Waals surface area contributed by atoms with E-state index in [0.29, 0.717) is 24.9 Å². The zero-order valence-electron chi connectivity index (χ0n) is 10.0. The Morgan fingerprint density at radius 3 is 2.73 bits per heavy atom. The molecule has 0 spiro atoms. The minimum Gasteiger partial charge on any atom is -0.340 e. The molecule has 0 aromatic carbocycles. The van der Waals surface area contributed by atoms with Gasteiger partial charge in [0.05, 0.1) is 0 Å². The SMILES string of the molecule is CC1CCN(C(=O)CCCCN)C(C)C1. The van der Waals surface area contributed by atoms with Crippen molar-refractivity contribution >= 4 is 5.91 Å². The second-order valence-electron chi connectivity index (χ2n) is 4.81. The van der Waals surface area contributed by atoms with Crippen LogP contribution in [-0.4, -0.2) is 29.9 Å². The Morgan fingerprint density at radius 2 is 2.13 bits per heavy atom. The molecule has 0 aliphatic carbocycles. The van der Waals surface area contributed by atoms with Crippen LogP contribution in [0, 0.1) is 5.92 Å². The fourth-order valence-electron chi connectivity index (χ4n) is 2.34. The fourth-order valence-corrected chi connectivity index (χ4v) is 2.34. The second kappa shape index (κ2) is 6.11. The van der Waals surface area contributed by atoms with E-state index in [1.54, 1.807) is 0 Å². The van der Waals surface area contributed by atoms with E-state index in [1.165, 1.54) is 0 Å². The number of piperidine rings is 1. The van der Waals surface area contributed by atoms with E-state index < -0.39 is 0 Å². The topological polar surface area (TPSA) is 46.3 Å². The van der Waals surface area contributed by atoms with Crippen LogP contribution in [0.4, 0.5) is 0 Å². The summed E-state index contributed by atoms with van der Waals surface area (Å²) in [6.45, 7) is 6.08. The molecule has 3 heteroatoms. The highest BCUT2D eigenvalue weighted by atomic mass is 16.2. The average molecular weight is 212 g/mol. The molecule has 0 bridgehead atoms. The molecule has 2 atom stereocenters. The maximum atomic E-state index is 11.9. The molecule has 1 heterocycles. The van der Waals surface area contributed by atoms with Crippen LogP contribution in [0.15, 0.2) is 0 Å². The number of unbranched alkanes of at least 4 members (excludes halogenated alkanes) is 1. The molecular weight excluding hydrogens is 188 g/mol. The van der Waals surface area contributed by atoms with Gasteiger partial charge in [0.2, 0.25) is 5.91 Å². The van der Waals surface area contributed by atoms with Crippen molar-refractivity contribution in [3.63, 3.8) is 0 Å². The van der Waals surface area contributed by atoms with Crippen LogP contribution in [0.25, 0.3) is 0 Å². The number of amides is 1. The molecule has 0 saturated carbocycles. The van der Waals surface area contributed by atoms with Crippen LogP contribution in [0.1, 0.15) is 46.0 Å². The van der Waals surface area contributed by atoms with Crippen LogP contribution in [0.3, 0.4) is 0 Å². The quantitative estimate of drug-likeness (QED) is 0.722. The third-order valence-corrected chi connectivity index (χ3v) is 3.30. The van der Waals surface area contributed by atoms with Crippen LogP contribution in [0.2, 0.25) is 0 Å². The van der Waals surface area contributed by atoms with E-state index in [4.69, 9.17) is 5.73 Å². The molecule has 2 unspecified atom stereocenters. The minimum absolute atomic E-state index is 0.322. The van der Waals surface area contributed by atoms with Crippen molar-refractivity contribution in [1.29, 1.82) is 0 Å². The molecule has 1 aliphatic rings. The molecule has 88 valence electrons. The lowest BCUT2D eigenvalue weighted by Gasteiger charge is -2.36. The molecule has 15 heavy (non-hydrogen) atoms. The fraction of sp³-hybridized carbons (Fsp3) is 0.917. The molecular formula is C12H24N2O. The lowest BCUT2D eigenvalue weighted by atomic mass is 9.93. The maximum Gasteiger partial charge on any atom is 0.222 e. The van der Waals surface area contributed by atoms with Gasteiger partial charge in [-0.3, -0.25) is 4.79 Å². The smallest absolute Gasteiger partial charge is 0.222 e. The molecule has 3 nitrogen and oxygen atoms in total. The summed E-state index contributed by atoms with van der Waals surface area (Å²) in [5.41, 5.74) is 5.41. The maximum absolute atomic E-state index is 11.9. The van der Waals surface area contributed by atoms with Gasteiger partial charge in [-0.2, -0.15) is 0 Å². The summed E-state index contributed by atoms with van der Waals surface area (Å²) in [7, 11) is 0. The molecule has 0 radical (unpaired) electrons. The number of carbonyl (C=O) groups excluding carboxylic acids is 1. The first-order valence-electron chi connectivity index (χ1n) is 6.14. The second-order valence-corrected chi connectivity index (χ2v) is 4.81. The summed E-state index contributed by atoms with van der Waals surface area (Å²) in [4.78, 5) is 13.9. The van der Waals surface area contributed by atoms with Crippen molar-refractivity contribution in [3.8, 4) is 0 Å². The zero-order valence-corrected chi connectivity index (χ0v) is 10.0. The number of hydrogen-bond acceptors (Lipinski definition) is 2. The van der Waals surface area contributed by atoms with Crippen LogP contribution >= 0.6 is 0 Å². The Kier molecular flexibility index (Phi) is 5.09. The summed E-state index contributed by atoms with van der Waals surface area (Å²) in [6.07, 6.45) is 4.89. The summed E-state index contributed by atoms with van der Waals surface area (Å²) >= 11 is 0. The van der Waals surface area contributed by atoms with E-state index >= 15 is 0 Å². The van der Waals surface area contributed by atoms with Crippen molar-refractivity contribution < 1.29 is 4.79 Å². The molecule has 2 N–H and O–H groups in total. The Hall–Kier alpha value is -0.570. The Bertz CT molecular complexity index is 206. The van der Waals surface area contributed by atoms with Crippen molar-refractivity contribution in [2.24, 2.45) is 11.7 Å². The number of nitrogens with zero attached hydrogens (tertiary/aromatic N) is 1. The molecule has 1 amide bonds. The van der Waals surface area contributed by atoms with E-state index in [2.05, 4.69) is 18.7 Å². The highest BCUT2D eigenvalue weighted by Crippen LogP contribution is 2.22. The minimum atomic E-state index is 0.322. The van der Waals surface area contributed by atoms with E-state index in [1.807, 2.05) is 0 Å². The average Bonchev–Trinajstić information content (AvgIpc) is 2.17. The van der Waals surface area contributed by atoms with E-state index in [0.717, 1.165) is 38.1 Å². The first kappa shape index (κ1) is 12.5. The van der Waals surface area contributed by atoms with Crippen LogP contribution in [0.5, 0.6) is 0 Å². The molecule has 0 aromatic rings. The summed E-state index contributed by atoms with van der Waals surface area (Å²) in [5.74, 6) is 1.09. The molecule has 1 saturated heterocycles. The number of nitrogens with two attached hydrogens (primary N) is 1. The number of likely N-dealkylation sites (tertiary alicyclic amines) is 1. The standard InChI is InChI=1S/C12H24N2O/c1-10-6-8-14(11(2)9-10)12(15)5-3-4-7-13/h10-11H,3-9,13H2,1-2H3. The third-order valence-electron chi connectivity index (χ3n) is 3.30. The summed E-state index contributed by atoms with van der Waals surface area (Å²) < 4.78 is 0. The predicted molar refractivity (Wildman–Crippen MR) is 62.5 cm³/mol. The lowest BCUT2D eigenvalue weighted by Crippen LogP contribution is -2.44. The van der Waals surface area contributed by atoms with Gasteiger partial charge in [-0.15, -0.1) is 0 Å². The van der Waals surface area contributed by atoms with Gasteiger partial charge in [-0.25, -0.2) is 0 Å². The largest absolute Gasteiger partial charge is 0.340 e. The van der Waals surface area contributed by atoms with Crippen LogP contribution in [-0.2, 0) is 4.79 Å². The van der Waals surface area contributed by atoms with Gasteiger partial charge in [0, 0.05) is 19.0 Å². The zero-order chi connectivity index (χ0) is 11.3. The molecule has 1 rings (SSSR count). The van der Waals surface area contributed by atoms with E-state index in [9.17, 15) is 4.79 Å². The first-order chi connectivity index (χ1) is 7.15. The molecule has 1 aliphatic heterocycles.